The van der Waals surface area contributed by atoms with Gasteiger partial charge in [-0.15, -0.1) is 23.7 Å². The number of rotatable bonds is 7. The summed E-state index contributed by atoms with van der Waals surface area (Å²) in [5.74, 6) is 0.0768. The van der Waals surface area contributed by atoms with E-state index in [1.807, 2.05) is 36.4 Å². The Balaban J connectivity index is 0.00000220. The molecule has 1 atom stereocenters. The van der Waals surface area contributed by atoms with E-state index < -0.39 is 0 Å². The van der Waals surface area contributed by atoms with Gasteiger partial charge in [-0.05, 0) is 29.9 Å². The third-order valence-electron chi connectivity index (χ3n) is 3.15. The molecule has 0 radical (unpaired) electrons. The molecule has 21 heavy (non-hydrogen) atoms. The lowest BCUT2D eigenvalue weighted by Gasteiger charge is -2.13. The van der Waals surface area contributed by atoms with Crippen LogP contribution in [-0.2, 0) is 11.2 Å². The number of nitrogens with two attached hydrogens (primary N) is 1. The molecule has 0 spiro atoms. The van der Waals surface area contributed by atoms with Gasteiger partial charge in [0.1, 0.15) is 0 Å². The number of hydrogen-bond donors (Lipinski definition) is 2. The van der Waals surface area contributed by atoms with Crippen molar-refractivity contribution >= 4 is 29.7 Å². The first kappa shape index (κ1) is 17.7. The number of aryl methyl sites for hydroxylation is 1. The third-order valence-corrected chi connectivity index (χ3v) is 4.09. The molecule has 1 heterocycles. The van der Waals surface area contributed by atoms with Crippen molar-refractivity contribution in [2.45, 2.75) is 25.3 Å². The molecule has 1 amide bonds. The van der Waals surface area contributed by atoms with Crippen LogP contribution in [-0.4, -0.2) is 12.5 Å². The van der Waals surface area contributed by atoms with Gasteiger partial charge in [-0.25, -0.2) is 0 Å². The first-order valence-electron chi connectivity index (χ1n) is 6.85. The molecule has 1 aromatic heterocycles. The van der Waals surface area contributed by atoms with Crippen LogP contribution in [0.3, 0.4) is 0 Å². The Morgan fingerprint density at radius 1 is 1.19 bits per heavy atom. The van der Waals surface area contributed by atoms with Gasteiger partial charge < -0.3 is 11.1 Å². The molecule has 0 aliphatic heterocycles. The van der Waals surface area contributed by atoms with Crippen molar-refractivity contribution in [3.8, 4) is 0 Å². The molecule has 0 fully saturated rings. The van der Waals surface area contributed by atoms with Crippen LogP contribution in [0.2, 0.25) is 0 Å². The van der Waals surface area contributed by atoms with Crippen LogP contribution in [0.1, 0.15) is 29.3 Å². The molecule has 0 saturated carbocycles. The van der Waals surface area contributed by atoms with Gasteiger partial charge in [0, 0.05) is 23.9 Å². The van der Waals surface area contributed by atoms with Crippen molar-refractivity contribution < 1.29 is 4.79 Å². The van der Waals surface area contributed by atoms with Gasteiger partial charge in [0.2, 0.25) is 5.91 Å². The highest BCUT2D eigenvalue weighted by Crippen LogP contribution is 2.12. The minimum absolute atomic E-state index is 0. The van der Waals surface area contributed by atoms with Crippen LogP contribution in [0.4, 0.5) is 0 Å². The normalized spacial score (nSPS) is 11.5. The summed E-state index contributed by atoms with van der Waals surface area (Å²) in [4.78, 5) is 13.1. The molecular weight excluding hydrogens is 304 g/mol. The topological polar surface area (TPSA) is 55.1 Å². The highest BCUT2D eigenvalue weighted by atomic mass is 35.5. The molecule has 1 unspecified atom stereocenters. The van der Waals surface area contributed by atoms with Crippen LogP contribution in [0, 0.1) is 0 Å². The standard InChI is InChI=1S/C16H20N2OS.ClH/c17-15(13-6-2-1-3-7-13)12-18-16(19)10-4-8-14-9-5-11-20-14;/h1-3,5-7,9,11,15H,4,8,10,12,17H2,(H,18,19);1H. The van der Waals surface area contributed by atoms with Gasteiger partial charge in [0.05, 0.1) is 0 Å². The van der Waals surface area contributed by atoms with E-state index in [9.17, 15) is 4.79 Å². The number of hydrogen-bond acceptors (Lipinski definition) is 3. The molecule has 1 aromatic carbocycles. The Hall–Kier alpha value is -1.36. The summed E-state index contributed by atoms with van der Waals surface area (Å²) in [6.45, 7) is 0.488. The monoisotopic (exact) mass is 324 g/mol. The minimum Gasteiger partial charge on any atom is -0.354 e. The summed E-state index contributed by atoms with van der Waals surface area (Å²) in [5.41, 5.74) is 7.08. The molecule has 2 aromatic rings. The van der Waals surface area contributed by atoms with Crippen LogP contribution >= 0.6 is 23.7 Å². The second kappa shape index (κ2) is 9.55. The Labute approximate surface area is 136 Å². The zero-order valence-corrected chi connectivity index (χ0v) is 13.5. The summed E-state index contributed by atoms with van der Waals surface area (Å²) >= 11 is 1.74. The first-order valence-corrected chi connectivity index (χ1v) is 7.73. The molecule has 0 saturated heterocycles. The van der Waals surface area contributed by atoms with E-state index in [1.54, 1.807) is 11.3 Å². The summed E-state index contributed by atoms with van der Waals surface area (Å²) < 4.78 is 0. The second-order valence-electron chi connectivity index (χ2n) is 4.75. The van der Waals surface area contributed by atoms with Gasteiger partial charge in [-0.3, -0.25) is 4.79 Å². The third kappa shape index (κ3) is 6.29. The van der Waals surface area contributed by atoms with E-state index >= 15 is 0 Å². The van der Waals surface area contributed by atoms with Crippen LogP contribution < -0.4 is 11.1 Å². The highest BCUT2D eigenvalue weighted by Gasteiger charge is 2.07. The Bertz CT molecular complexity index is 516. The zero-order chi connectivity index (χ0) is 14.2. The molecule has 3 nitrogen and oxygen atoms in total. The van der Waals surface area contributed by atoms with E-state index in [0.717, 1.165) is 18.4 Å². The van der Waals surface area contributed by atoms with Gasteiger partial charge in [0.15, 0.2) is 0 Å². The van der Waals surface area contributed by atoms with E-state index in [4.69, 9.17) is 5.73 Å². The summed E-state index contributed by atoms with van der Waals surface area (Å²) in [6.07, 6.45) is 2.40. The average Bonchev–Trinajstić information content (AvgIpc) is 2.99. The van der Waals surface area contributed by atoms with Crippen molar-refractivity contribution in [1.82, 2.24) is 5.32 Å². The van der Waals surface area contributed by atoms with E-state index in [2.05, 4.69) is 16.8 Å². The molecule has 0 bridgehead atoms. The number of nitrogens with one attached hydrogen (secondary N) is 1. The Morgan fingerprint density at radius 2 is 1.95 bits per heavy atom. The lowest BCUT2D eigenvalue weighted by molar-refractivity contribution is -0.121. The van der Waals surface area contributed by atoms with Crippen molar-refractivity contribution in [3.05, 3.63) is 58.3 Å². The maximum Gasteiger partial charge on any atom is 0.220 e. The number of thiophene rings is 1. The van der Waals surface area contributed by atoms with Crippen LogP contribution in [0.5, 0.6) is 0 Å². The first-order chi connectivity index (χ1) is 9.75. The van der Waals surface area contributed by atoms with Crippen LogP contribution in [0.25, 0.3) is 0 Å². The SMILES string of the molecule is Cl.NC(CNC(=O)CCCc1cccs1)c1ccccc1. The molecule has 2 rings (SSSR count). The number of benzene rings is 1. The number of carbonyl (C=O) groups is 1. The fourth-order valence-corrected chi connectivity index (χ4v) is 2.76. The average molecular weight is 325 g/mol. The van der Waals surface area contributed by atoms with E-state index in [-0.39, 0.29) is 24.4 Å². The lowest BCUT2D eigenvalue weighted by Crippen LogP contribution is -2.31. The minimum atomic E-state index is -0.141. The van der Waals surface area contributed by atoms with Gasteiger partial charge in [-0.1, -0.05) is 36.4 Å². The molecule has 0 aliphatic carbocycles. The van der Waals surface area contributed by atoms with Gasteiger partial charge in [0.25, 0.3) is 0 Å². The molecule has 0 aliphatic rings. The largest absolute Gasteiger partial charge is 0.354 e. The van der Waals surface area contributed by atoms with Crippen molar-refractivity contribution in [2.24, 2.45) is 5.73 Å². The second-order valence-corrected chi connectivity index (χ2v) is 5.79. The predicted octanol–water partition coefficient (Wildman–Crippen LogP) is 3.31. The van der Waals surface area contributed by atoms with Crippen molar-refractivity contribution in [3.63, 3.8) is 0 Å². The van der Waals surface area contributed by atoms with Gasteiger partial charge in [-0.2, -0.15) is 0 Å². The van der Waals surface area contributed by atoms with Crippen molar-refractivity contribution in [2.75, 3.05) is 6.54 Å². The van der Waals surface area contributed by atoms with Gasteiger partial charge >= 0.3 is 0 Å². The maximum atomic E-state index is 11.7. The fraction of sp³-hybridized carbons (Fsp3) is 0.312. The number of amides is 1. The van der Waals surface area contributed by atoms with Crippen molar-refractivity contribution in [1.29, 1.82) is 0 Å². The summed E-state index contributed by atoms with van der Waals surface area (Å²) in [7, 11) is 0. The highest BCUT2D eigenvalue weighted by molar-refractivity contribution is 7.09. The zero-order valence-electron chi connectivity index (χ0n) is 11.8. The van der Waals surface area contributed by atoms with E-state index in [0.29, 0.717) is 13.0 Å². The molecule has 5 heteroatoms. The number of halogens is 1. The molecule has 3 N–H and O–H groups in total. The quantitative estimate of drug-likeness (QED) is 0.821. The van der Waals surface area contributed by atoms with Crippen LogP contribution in [0.15, 0.2) is 47.8 Å². The lowest BCUT2D eigenvalue weighted by atomic mass is 10.1. The summed E-state index contributed by atoms with van der Waals surface area (Å²) in [5, 5.41) is 4.96. The van der Waals surface area contributed by atoms with E-state index in [1.165, 1.54) is 4.88 Å². The fourth-order valence-electron chi connectivity index (χ4n) is 2.01. The summed E-state index contributed by atoms with van der Waals surface area (Å²) in [6, 6.07) is 13.8. The number of carbonyl (C=O) groups excluding carboxylic acids is 1. The molecular formula is C16H21ClN2OS. The maximum absolute atomic E-state index is 11.7. The predicted molar refractivity (Wildman–Crippen MR) is 90.9 cm³/mol. The Kier molecular flexibility index (Phi) is 8.05. The smallest absolute Gasteiger partial charge is 0.220 e. The Morgan fingerprint density at radius 3 is 2.62 bits per heavy atom. The molecule has 114 valence electrons.